The molecule has 1 unspecified atom stereocenters. The van der Waals surface area contributed by atoms with Gasteiger partial charge in [-0.3, -0.25) is 0 Å². The fourth-order valence-electron chi connectivity index (χ4n) is 2.72. The lowest BCUT2D eigenvalue weighted by Crippen LogP contribution is -2.07. The van der Waals surface area contributed by atoms with Gasteiger partial charge in [0.1, 0.15) is 5.82 Å². The molecule has 104 valence electrons. The number of hydrogen-bond acceptors (Lipinski definition) is 2. The smallest absolute Gasteiger partial charge is 0.137 e. The molecule has 0 saturated carbocycles. The Bertz CT molecular complexity index is 637. The quantitative estimate of drug-likeness (QED) is 0.900. The van der Waals surface area contributed by atoms with E-state index in [4.69, 9.17) is 5.73 Å². The Balaban J connectivity index is 1.95. The fraction of sp³-hybridized carbons (Fsp3) is 0.294. The summed E-state index contributed by atoms with van der Waals surface area (Å²) in [5.74, 6) is -0.190. The van der Waals surface area contributed by atoms with E-state index in [-0.39, 0.29) is 11.9 Å². The van der Waals surface area contributed by atoms with E-state index in [1.165, 1.54) is 41.8 Å². The molecule has 0 aliphatic heterocycles. The van der Waals surface area contributed by atoms with E-state index in [0.717, 1.165) is 16.9 Å². The fourth-order valence-corrected chi connectivity index (χ4v) is 3.83. The molecule has 0 radical (unpaired) electrons. The summed E-state index contributed by atoms with van der Waals surface area (Å²) in [6.07, 6.45) is 3.54. The molecule has 0 amide bonds. The molecule has 0 heterocycles. The average molecular weight is 287 g/mol. The maximum Gasteiger partial charge on any atom is 0.137 e. The lowest BCUT2D eigenvalue weighted by atomic mass is 10.1. The zero-order valence-corrected chi connectivity index (χ0v) is 12.3. The monoisotopic (exact) mass is 287 g/mol. The minimum atomic E-state index is -0.190. The Labute approximate surface area is 123 Å². The van der Waals surface area contributed by atoms with E-state index in [1.54, 1.807) is 6.07 Å². The van der Waals surface area contributed by atoms with E-state index in [1.807, 2.05) is 13.0 Å². The van der Waals surface area contributed by atoms with Crippen LogP contribution in [0.3, 0.4) is 0 Å². The third-order valence-corrected chi connectivity index (χ3v) is 4.90. The van der Waals surface area contributed by atoms with Crippen LogP contribution in [0, 0.1) is 5.82 Å². The van der Waals surface area contributed by atoms with Gasteiger partial charge in [-0.2, -0.15) is 0 Å². The first-order chi connectivity index (χ1) is 9.65. The third kappa shape index (κ3) is 2.60. The Morgan fingerprint density at radius 1 is 1.15 bits per heavy atom. The highest BCUT2D eigenvalue weighted by atomic mass is 32.2. The molecular formula is C17H18FNS. The maximum atomic E-state index is 14.1. The van der Waals surface area contributed by atoms with Crippen molar-refractivity contribution in [2.45, 2.75) is 42.0 Å². The molecule has 0 saturated heterocycles. The second-order valence-electron chi connectivity index (χ2n) is 5.33. The SMILES string of the molecule is CC(N)c1cccc(F)c1Sc1ccc2c(c1)CCC2. The molecule has 1 nitrogen and oxygen atoms in total. The highest BCUT2D eigenvalue weighted by Crippen LogP contribution is 2.36. The second-order valence-corrected chi connectivity index (χ2v) is 6.42. The molecule has 20 heavy (non-hydrogen) atoms. The molecule has 1 aliphatic carbocycles. The topological polar surface area (TPSA) is 26.0 Å². The predicted molar refractivity (Wildman–Crippen MR) is 81.6 cm³/mol. The minimum Gasteiger partial charge on any atom is -0.324 e. The van der Waals surface area contributed by atoms with E-state index in [0.29, 0.717) is 4.90 Å². The summed E-state index contributed by atoms with van der Waals surface area (Å²) in [7, 11) is 0. The van der Waals surface area contributed by atoms with Gasteiger partial charge >= 0.3 is 0 Å². The predicted octanol–water partition coefficient (Wildman–Crippen LogP) is 4.49. The van der Waals surface area contributed by atoms with Crippen LogP contribution in [0.25, 0.3) is 0 Å². The zero-order valence-electron chi connectivity index (χ0n) is 11.5. The highest BCUT2D eigenvalue weighted by Gasteiger charge is 2.15. The van der Waals surface area contributed by atoms with Crippen LogP contribution < -0.4 is 5.73 Å². The number of rotatable bonds is 3. The number of halogens is 1. The molecule has 1 aliphatic rings. The van der Waals surface area contributed by atoms with Gasteiger partial charge in [0, 0.05) is 10.9 Å². The Hall–Kier alpha value is -1.32. The first-order valence-electron chi connectivity index (χ1n) is 6.99. The van der Waals surface area contributed by atoms with E-state index >= 15 is 0 Å². The van der Waals surface area contributed by atoms with Crippen molar-refractivity contribution < 1.29 is 4.39 Å². The Kier molecular flexibility index (Phi) is 3.81. The number of nitrogens with two attached hydrogens (primary N) is 1. The Morgan fingerprint density at radius 2 is 1.95 bits per heavy atom. The van der Waals surface area contributed by atoms with Gasteiger partial charge in [0.2, 0.25) is 0 Å². The van der Waals surface area contributed by atoms with Crippen LogP contribution >= 0.6 is 11.8 Å². The molecule has 0 bridgehead atoms. The van der Waals surface area contributed by atoms with Crippen LogP contribution in [0.4, 0.5) is 4.39 Å². The standard InChI is InChI=1S/C17H18FNS/c1-11(19)15-6-3-7-16(18)17(15)20-14-9-8-12-4-2-5-13(12)10-14/h3,6-11H,2,4-5,19H2,1H3. The molecule has 0 fully saturated rings. The summed E-state index contributed by atoms with van der Waals surface area (Å²) >= 11 is 1.48. The van der Waals surface area contributed by atoms with Crippen LogP contribution in [0.15, 0.2) is 46.2 Å². The van der Waals surface area contributed by atoms with Gasteiger partial charge in [0.15, 0.2) is 0 Å². The number of hydrogen-bond donors (Lipinski definition) is 1. The van der Waals surface area contributed by atoms with Gasteiger partial charge in [-0.05, 0) is 61.1 Å². The summed E-state index contributed by atoms with van der Waals surface area (Å²) in [5.41, 5.74) is 9.67. The van der Waals surface area contributed by atoms with Crippen molar-refractivity contribution in [3.05, 3.63) is 58.9 Å². The minimum absolute atomic E-state index is 0.164. The largest absolute Gasteiger partial charge is 0.324 e. The molecule has 0 aromatic heterocycles. The van der Waals surface area contributed by atoms with Gasteiger partial charge in [0.05, 0.1) is 4.90 Å². The molecule has 3 rings (SSSR count). The van der Waals surface area contributed by atoms with Gasteiger partial charge in [-0.1, -0.05) is 30.0 Å². The summed E-state index contributed by atoms with van der Waals surface area (Å²) in [4.78, 5) is 1.75. The van der Waals surface area contributed by atoms with Gasteiger partial charge in [0.25, 0.3) is 0 Å². The van der Waals surface area contributed by atoms with Crippen LogP contribution in [-0.4, -0.2) is 0 Å². The van der Waals surface area contributed by atoms with Crippen molar-refractivity contribution in [2.75, 3.05) is 0 Å². The summed E-state index contributed by atoms with van der Waals surface area (Å²) < 4.78 is 14.1. The maximum absolute atomic E-state index is 14.1. The second kappa shape index (κ2) is 5.58. The van der Waals surface area contributed by atoms with Crippen molar-refractivity contribution in [3.8, 4) is 0 Å². The first kappa shape index (κ1) is 13.7. The van der Waals surface area contributed by atoms with E-state index < -0.39 is 0 Å². The molecule has 3 heteroatoms. The molecule has 2 N–H and O–H groups in total. The van der Waals surface area contributed by atoms with Crippen molar-refractivity contribution in [1.82, 2.24) is 0 Å². The molecule has 1 atom stereocenters. The highest BCUT2D eigenvalue weighted by molar-refractivity contribution is 7.99. The summed E-state index contributed by atoms with van der Waals surface area (Å²) in [6.45, 7) is 1.89. The first-order valence-corrected chi connectivity index (χ1v) is 7.80. The van der Waals surface area contributed by atoms with Crippen molar-refractivity contribution >= 4 is 11.8 Å². The molecule has 2 aromatic rings. The normalized spacial score (nSPS) is 15.2. The molecule has 2 aromatic carbocycles. The molecule has 0 spiro atoms. The Morgan fingerprint density at radius 3 is 2.75 bits per heavy atom. The van der Waals surface area contributed by atoms with Crippen LogP contribution in [0.1, 0.15) is 36.1 Å². The summed E-state index contributed by atoms with van der Waals surface area (Å²) in [5, 5.41) is 0. The average Bonchev–Trinajstić information content (AvgIpc) is 2.88. The van der Waals surface area contributed by atoms with Gasteiger partial charge < -0.3 is 5.73 Å². The lowest BCUT2D eigenvalue weighted by molar-refractivity contribution is 0.591. The third-order valence-electron chi connectivity index (χ3n) is 3.78. The zero-order chi connectivity index (χ0) is 14.1. The van der Waals surface area contributed by atoms with E-state index in [2.05, 4.69) is 18.2 Å². The number of aryl methyl sites for hydroxylation is 2. The van der Waals surface area contributed by atoms with Crippen molar-refractivity contribution in [1.29, 1.82) is 0 Å². The van der Waals surface area contributed by atoms with Crippen molar-refractivity contribution in [2.24, 2.45) is 5.73 Å². The van der Waals surface area contributed by atoms with Crippen LogP contribution in [-0.2, 0) is 12.8 Å². The van der Waals surface area contributed by atoms with Gasteiger partial charge in [-0.25, -0.2) is 4.39 Å². The number of fused-ring (bicyclic) bond motifs is 1. The van der Waals surface area contributed by atoms with Crippen LogP contribution in [0.5, 0.6) is 0 Å². The summed E-state index contributed by atoms with van der Waals surface area (Å²) in [6, 6.07) is 11.4. The van der Waals surface area contributed by atoms with Gasteiger partial charge in [-0.15, -0.1) is 0 Å². The number of benzene rings is 2. The van der Waals surface area contributed by atoms with E-state index in [9.17, 15) is 4.39 Å². The van der Waals surface area contributed by atoms with Crippen LogP contribution in [0.2, 0.25) is 0 Å². The molecular weight excluding hydrogens is 269 g/mol. The lowest BCUT2D eigenvalue weighted by Gasteiger charge is -2.13. The van der Waals surface area contributed by atoms with Crippen molar-refractivity contribution in [3.63, 3.8) is 0 Å².